The fourth-order valence-electron chi connectivity index (χ4n) is 3.45. The van der Waals surface area contributed by atoms with Crippen molar-refractivity contribution < 1.29 is 0 Å². The predicted molar refractivity (Wildman–Crippen MR) is 111 cm³/mol. The van der Waals surface area contributed by atoms with Crippen molar-refractivity contribution in [2.24, 2.45) is 0 Å². The number of anilines is 2. The quantitative estimate of drug-likeness (QED) is 0.422. The van der Waals surface area contributed by atoms with E-state index in [0.717, 1.165) is 39.0 Å². The highest BCUT2D eigenvalue weighted by molar-refractivity contribution is 6.11. The van der Waals surface area contributed by atoms with E-state index in [1.165, 1.54) is 10.8 Å². The second kappa shape index (κ2) is 6.32. The summed E-state index contributed by atoms with van der Waals surface area (Å²) in [5, 5.41) is 7.10. The summed E-state index contributed by atoms with van der Waals surface area (Å²) in [6, 6.07) is 20.8. The van der Waals surface area contributed by atoms with Crippen molar-refractivity contribution in [2.45, 2.75) is 6.92 Å². The van der Waals surface area contributed by atoms with Gasteiger partial charge >= 0.3 is 0 Å². The molecule has 0 bridgehead atoms. The number of halogens is 1. The Kier molecular flexibility index (Phi) is 3.98. The van der Waals surface area contributed by atoms with Crippen LogP contribution < -0.4 is 5.32 Å². The van der Waals surface area contributed by atoms with E-state index in [2.05, 4.69) is 68.8 Å². The van der Waals surface area contributed by atoms with Gasteiger partial charge in [-0.2, -0.15) is 0 Å². The summed E-state index contributed by atoms with van der Waals surface area (Å²) in [4.78, 5) is 12.3. The number of hydrogen-bond donors (Lipinski definition) is 2. The molecule has 5 heteroatoms. The molecule has 0 amide bonds. The van der Waals surface area contributed by atoms with E-state index in [4.69, 9.17) is 0 Å². The molecule has 4 nitrogen and oxygen atoms in total. The molecule has 0 aliphatic carbocycles. The number of aromatic amines is 1. The van der Waals surface area contributed by atoms with Crippen molar-refractivity contribution in [2.75, 3.05) is 5.32 Å². The summed E-state index contributed by atoms with van der Waals surface area (Å²) >= 11 is 0. The highest BCUT2D eigenvalue weighted by atomic mass is 35.5. The summed E-state index contributed by atoms with van der Waals surface area (Å²) < 4.78 is 0. The summed E-state index contributed by atoms with van der Waals surface area (Å²) in [5.41, 5.74) is 6.01. The SMILES string of the molecule is Cc1cc(Nc2cccc3ccccc23)c2c(ccc3nc[nH]c32)n1.Cl. The minimum atomic E-state index is 0. The van der Waals surface area contributed by atoms with E-state index in [9.17, 15) is 0 Å². The second-order valence-corrected chi connectivity index (χ2v) is 6.22. The van der Waals surface area contributed by atoms with Gasteiger partial charge in [-0.05, 0) is 36.6 Å². The molecule has 0 saturated carbocycles. The van der Waals surface area contributed by atoms with Crippen LogP contribution >= 0.6 is 12.4 Å². The lowest BCUT2D eigenvalue weighted by Gasteiger charge is -2.13. The zero-order valence-corrected chi connectivity index (χ0v) is 15.0. The Balaban J connectivity index is 0.00000168. The van der Waals surface area contributed by atoms with E-state index < -0.39 is 0 Å². The maximum Gasteiger partial charge on any atom is 0.0932 e. The third kappa shape index (κ3) is 2.55. The Morgan fingerprint density at radius 3 is 2.62 bits per heavy atom. The van der Waals surface area contributed by atoms with Gasteiger partial charge in [-0.3, -0.25) is 4.98 Å². The van der Waals surface area contributed by atoms with Gasteiger partial charge in [0.25, 0.3) is 0 Å². The van der Waals surface area contributed by atoms with Crippen molar-refractivity contribution in [3.63, 3.8) is 0 Å². The van der Waals surface area contributed by atoms with Crippen LogP contribution in [0, 0.1) is 6.92 Å². The van der Waals surface area contributed by atoms with Crippen LogP contribution in [0.2, 0.25) is 0 Å². The number of aryl methyl sites for hydroxylation is 1. The first-order valence-corrected chi connectivity index (χ1v) is 8.28. The molecule has 0 spiro atoms. The van der Waals surface area contributed by atoms with Crippen molar-refractivity contribution in [3.05, 3.63) is 72.7 Å². The third-order valence-corrected chi connectivity index (χ3v) is 4.55. The molecule has 0 aliphatic heterocycles. The molecular formula is C21H17ClN4. The van der Waals surface area contributed by atoms with Crippen LogP contribution in [0.5, 0.6) is 0 Å². The zero-order chi connectivity index (χ0) is 16.8. The number of benzene rings is 3. The van der Waals surface area contributed by atoms with E-state index in [1.54, 1.807) is 6.33 Å². The number of aromatic nitrogens is 3. The topological polar surface area (TPSA) is 53.6 Å². The number of pyridine rings is 1. The minimum Gasteiger partial charge on any atom is -0.354 e. The van der Waals surface area contributed by atoms with Gasteiger partial charge in [0.1, 0.15) is 0 Å². The molecule has 0 unspecified atom stereocenters. The number of nitrogens with zero attached hydrogens (tertiary/aromatic N) is 2. The van der Waals surface area contributed by atoms with Crippen molar-refractivity contribution in [1.82, 2.24) is 15.0 Å². The van der Waals surface area contributed by atoms with Gasteiger partial charge in [-0.25, -0.2) is 4.98 Å². The van der Waals surface area contributed by atoms with Gasteiger partial charge in [-0.15, -0.1) is 12.4 Å². The average molecular weight is 361 g/mol. The molecule has 0 radical (unpaired) electrons. The maximum atomic E-state index is 4.68. The first kappa shape index (κ1) is 16.4. The van der Waals surface area contributed by atoms with Gasteiger partial charge in [-0.1, -0.05) is 36.4 Å². The molecule has 3 aromatic carbocycles. The molecule has 0 atom stereocenters. The molecule has 2 N–H and O–H groups in total. The molecule has 0 aliphatic rings. The van der Waals surface area contributed by atoms with Crippen LogP contribution in [0.15, 0.2) is 67.0 Å². The molecule has 128 valence electrons. The second-order valence-electron chi connectivity index (χ2n) is 6.22. The Hall–Kier alpha value is -3.11. The van der Waals surface area contributed by atoms with Crippen molar-refractivity contribution in [1.29, 1.82) is 0 Å². The molecular weight excluding hydrogens is 344 g/mol. The van der Waals surface area contributed by atoms with Crippen LogP contribution in [0.25, 0.3) is 32.7 Å². The third-order valence-electron chi connectivity index (χ3n) is 4.55. The lowest BCUT2D eigenvalue weighted by molar-refractivity contribution is 1.26. The van der Waals surface area contributed by atoms with Crippen LogP contribution in [-0.2, 0) is 0 Å². The van der Waals surface area contributed by atoms with E-state index in [1.807, 2.05) is 19.1 Å². The van der Waals surface area contributed by atoms with E-state index >= 15 is 0 Å². The van der Waals surface area contributed by atoms with Crippen LogP contribution in [-0.4, -0.2) is 15.0 Å². The fourth-order valence-corrected chi connectivity index (χ4v) is 3.45. The molecule has 5 aromatic rings. The van der Waals surface area contributed by atoms with Crippen LogP contribution in [0.3, 0.4) is 0 Å². The molecule has 26 heavy (non-hydrogen) atoms. The number of hydrogen-bond acceptors (Lipinski definition) is 3. The first-order valence-electron chi connectivity index (χ1n) is 8.28. The van der Waals surface area contributed by atoms with Gasteiger partial charge in [0.05, 0.1) is 28.6 Å². The Labute approximate surface area is 156 Å². The average Bonchev–Trinajstić information content (AvgIpc) is 3.10. The zero-order valence-electron chi connectivity index (χ0n) is 14.2. The minimum absolute atomic E-state index is 0. The number of fused-ring (bicyclic) bond motifs is 4. The smallest absolute Gasteiger partial charge is 0.0932 e. The summed E-state index contributed by atoms with van der Waals surface area (Å²) in [7, 11) is 0. The number of imidazole rings is 1. The van der Waals surface area contributed by atoms with Gasteiger partial charge < -0.3 is 10.3 Å². The standard InChI is InChI=1S/C21H16N4.ClH/c1-13-11-19(20-17(24-13)9-10-18-21(20)23-12-22-18)25-16-8-4-6-14-5-2-3-7-15(14)16;/h2-12H,1H3,(H,22,23)(H,24,25);1H. The normalized spacial score (nSPS) is 11.0. The summed E-state index contributed by atoms with van der Waals surface area (Å²) in [6.45, 7) is 2.02. The number of H-pyrrole nitrogens is 1. The van der Waals surface area contributed by atoms with Gasteiger partial charge in [0.2, 0.25) is 0 Å². The Morgan fingerprint density at radius 2 is 1.69 bits per heavy atom. The fraction of sp³-hybridized carbons (Fsp3) is 0.0476. The highest BCUT2D eigenvalue weighted by Gasteiger charge is 2.11. The Morgan fingerprint density at radius 1 is 0.885 bits per heavy atom. The van der Waals surface area contributed by atoms with Crippen LogP contribution in [0.1, 0.15) is 5.69 Å². The van der Waals surface area contributed by atoms with E-state index in [-0.39, 0.29) is 12.4 Å². The molecule has 2 aromatic heterocycles. The molecule has 0 saturated heterocycles. The largest absolute Gasteiger partial charge is 0.354 e. The first-order chi connectivity index (χ1) is 12.3. The molecule has 5 rings (SSSR count). The molecule has 2 heterocycles. The predicted octanol–water partition coefficient (Wildman–Crippen LogP) is 5.74. The number of nitrogens with one attached hydrogen (secondary N) is 2. The maximum absolute atomic E-state index is 4.68. The monoisotopic (exact) mass is 360 g/mol. The van der Waals surface area contributed by atoms with Crippen molar-refractivity contribution >= 4 is 56.5 Å². The van der Waals surface area contributed by atoms with E-state index in [0.29, 0.717) is 0 Å². The summed E-state index contributed by atoms with van der Waals surface area (Å²) in [5.74, 6) is 0. The molecule has 0 fully saturated rings. The highest BCUT2D eigenvalue weighted by Crippen LogP contribution is 2.33. The lowest BCUT2D eigenvalue weighted by Crippen LogP contribution is -1.96. The summed E-state index contributed by atoms with van der Waals surface area (Å²) in [6.07, 6.45) is 1.73. The number of rotatable bonds is 2. The Bertz CT molecular complexity index is 1240. The van der Waals surface area contributed by atoms with Crippen LogP contribution in [0.4, 0.5) is 11.4 Å². The van der Waals surface area contributed by atoms with Crippen molar-refractivity contribution in [3.8, 4) is 0 Å². The van der Waals surface area contributed by atoms with Gasteiger partial charge in [0, 0.05) is 22.2 Å². The van der Waals surface area contributed by atoms with Gasteiger partial charge in [0.15, 0.2) is 0 Å². The lowest BCUT2D eigenvalue weighted by atomic mass is 10.1.